The summed E-state index contributed by atoms with van der Waals surface area (Å²) < 4.78 is 0. The molecule has 0 amide bonds. The quantitative estimate of drug-likeness (QED) is 0.549. The third-order valence-electron chi connectivity index (χ3n) is 2.29. The molecule has 0 heterocycles. The molecular formula is C10H12O2. The second-order valence-corrected chi connectivity index (χ2v) is 3.27. The van der Waals surface area contributed by atoms with E-state index >= 15 is 0 Å². The molecule has 2 nitrogen and oxygen atoms in total. The average Bonchev–Trinajstić information content (AvgIpc) is 2.92. The number of hydrogen-bond donors (Lipinski definition) is 1. The van der Waals surface area contributed by atoms with Crippen molar-refractivity contribution in [2.75, 3.05) is 0 Å². The van der Waals surface area contributed by atoms with E-state index in [0.717, 1.165) is 5.56 Å². The van der Waals surface area contributed by atoms with Gasteiger partial charge < -0.3 is 0 Å². The smallest absolute Gasteiger partial charge is 0.120 e. The molecule has 1 aliphatic carbocycles. The summed E-state index contributed by atoms with van der Waals surface area (Å²) >= 11 is 0. The molecule has 1 saturated carbocycles. The van der Waals surface area contributed by atoms with Crippen LogP contribution in [0.25, 0.3) is 0 Å². The summed E-state index contributed by atoms with van der Waals surface area (Å²) in [6.45, 7) is 0. The third kappa shape index (κ3) is 1.49. The van der Waals surface area contributed by atoms with Crippen molar-refractivity contribution < 1.29 is 10.1 Å². The molecule has 0 bridgehead atoms. The maximum Gasteiger partial charge on any atom is 0.120 e. The van der Waals surface area contributed by atoms with Crippen molar-refractivity contribution in [2.24, 2.45) is 5.92 Å². The van der Waals surface area contributed by atoms with Gasteiger partial charge in [0.25, 0.3) is 0 Å². The van der Waals surface area contributed by atoms with Crippen LogP contribution in [0.1, 0.15) is 24.5 Å². The van der Waals surface area contributed by atoms with Gasteiger partial charge in [-0.1, -0.05) is 30.3 Å². The van der Waals surface area contributed by atoms with E-state index < -0.39 is 0 Å². The molecule has 2 heteroatoms. The van der Waals surface area contributed by atoms with Crippen molar-refractivity contribution in [1.29, 1.82) is 0 Å². The first-order chi connectivity index (χ1) is 5.92. The van der Waals surface area contributed by atoms with E-state index in [9.17, 15) is 0 Å². The molecule has 1 unspecified atom stereocenters. The molecule has 64 valence electrons. The van der Waals surface area contributed by atoms with Crippen LogP contribution in [0.3, 0.4) is 0 Å². The fourth-order valence-corrected chi connectivity index (χ4v) is 1.46. The molecule has 2 rings (SSSR count). The first kappa shape index (κ1) is 7.77. The second-order valence-electron chi connectivity index (χ2n) is 3.27. The molecule has 12 heavy (non-hydrogen) atoms. The molecule has 1 aromatic rings. The molecule has 1 aromatic carbocycles. The van der Waals surface area contributed by atoms with Crippen LogP contribution in [0.5, 0.6) is 0 Å². The Labute approximate surface area is 71.7 Å². The lowest BCUT2D eigenvalue weighted by atomic mass is 10.1. The van der Waals surface area contributed by atoms with Crippen molar-refractivity contribution in [1.82, 2.24) is 0 Å². The van der Waals surface area contributed by atoms with Gasteiger partial charge in [0.05, 0.1) is 0 Å². The minimum absolute atomic E-state index is 0.105. The minimum Gasteiger partial charge on any atom is -0.251 e. The highest BCUT2D eigenvalue weighted by Gasteiger charge is 2.33. The number of hydrogen-bond acceptors (Lipinski definition) is 2. The molecule has 1 N–H and O–H groups in total. The first-order valence-corrected chi connectivity index (χ1v) is 4.27. The fraction of sp³-hybridized carbons (Fsp3) is 0.400. The molecule has 1 fully saturated rings. The van der Waals surface area contributed by atoms with Crippen LogP contribution in [-0.2, 0) is 4.89 Å². The summed E-state index contributed by atoms with van der Waals surface area (Å²) in [5, 5.41) is 8.69. The lowest BCUT2D eigenvalue weighted by Crippen LogP contribution is -2.03. The maximum atomic E-state index is 8.69. The van der Waals surface area contributed by atoms with Crippen molar-refractivity contribution >= 4 is 0 Å². The van der Waals surface area contributed by atoms with Gasteiger partial charge in [0.15, 0.2) is 0 Å². The monoisotopic (exact) mass is 164 g/mol. The molecule has 0 aromatic heterocycles. The fourth-order valence-electron chi connectivity index (χ4n) is 1.46. The Balaban J connectivity index is 2.15. The zero-order chi connectivity index (χ0) is 8.39. The first-order valence-electron chi connectivity index (χ1n) is 4.27. The summed E-state index contributed by atoms with van der Waals surface area (Å²) in [7, 11) is 0. The maximum absolute atomic E-state index is 8.69. The molecule has 1 aliphatic rings. The van der Waals surface area contributed by atoms with Gasteiger partial charge in [-0.2, -0.15) is 0 Å². The van der Waals surface area contributed by atoms with Crippen LogP contribution in [-0.4, -0.2) is 5.26 Å². The summed E-state index contributed by atoms with van der Waals surface area (Å²) in [5.41, 5.74) is 1.07. The largest absolute Gasteiger partial charge is 0.251 e. The standard InChI is InChI=1S/C10H12O2/c11-12-10(9-6-7-9)8-4-2-1-3-5-8/h1-5,9-11H,6-7H2. The highest BCUT2D eigenvalue weighted by molar-refractivity contribution is 5.19. The van der Waals surface area contributed by atoms with Gasteiger partial charge in [-0.25, -0.2) is 4.89 Å². The highest BCUT2D eigenvalue weighted by Crippen LogP contribution is 2.42. The predicted molar refractivity (Wildman–Crippen MR) is 45.6 cm³/mol. The topological polar surface area (TPSA) is 29.5 Å². The molecule has 0 saturated heterocycles. The van der Waals surface area contributed by atoms with E-state index in [-0.39, 0.29) is 6.10 Å². The van der Waals surface area contributed by atoms with Crippen molar-refractivity contribution in [3.05, 3.63) is 35.9 Å². The Morgan fingerprint density at radius 1 is 1.25 bits per heavy atom. The number of rotatable bonds is 3. The zero-order valence-electron chi connectivity index (χ0n) is 6.81. The summed E-state index contributed by atoms with van der Waals surface area (Å²) in [6, 6.07) is 9.86. The van der Waals surface area contributed by atoms with E-state index in [0.29, 0.717) is 5.92 Å². The predicted octanol–water partition coefficient (Wildman–Crippen LogP) is 2.63. The van der Waals surface area contributed by atoms with E-state index in [4.69, 9.17) is 5.26 Å². The van der Waals surface area contributed by atoms with E-state index in [1.807, 2.05) is 30.3 Å². The normalized spacial score (nSPS) is 19.1. The lowest BCUT2D eigenvalue weighted by molar-refractivity contribution is -0.287. The van der Waals surface area contributed by atoms with Crippen molar-refractivity contribution in [2.45, 2.75) is 18.9 Å². The third-order valence-corrected chi connectivity index (χ3v) is 2.29. The van der Waals surface area contributed by atoms with Crippen LogP contribution < -0.4 is 0 Å². The van der Waals surface area contributed by atoms with Gasteiger partial charge in [-0.05, 0) is 24.3 Å². The van der Waals surface area contributed by atoms with Crippen LogP contribution >= 0.6 is 0 Å². The minimum atomic E-state index is -0.105. The van der Waals surface area contributed by atoms with E-state index in [1.54, 1.807) is 0 Å². The zero-order valence-corrected chi connectivity index (χ0v) is 6.81. The van der Waals surface area contributed by atoms with Gasteiger partial charge in [-0.3, -0.25) is 5.26 Å². The Morgan fingerprint density at radius 3 is 2.42 bits per heavy atom. The van der Waals surface area contributed by atoms with Gasteiger partial charge in [0, 0.05) is 0 Å². The van der Waals surface area contributed by atoms with E-state index in [2.05, 4.69) is 4.89 Å². The lowest BCUT2D eigenvalue weighted by Gasteiger charge is -2.11. The van der Waals surface area contributed by atoms with Gasteiger partial charge >= 0.3 is 0 Å². The Morgan fingerprint density at radius 2 is 1.92 bits per heavy atom. The van der Waals surface area contributed by atoms with Crippen LogP contribution in [0.2, 0.25) is 0 Å². The van der Waals surface area contributed by atoms with Crippen molar-refractivity contribution in [3.8, 4) is 0 Å². The Kier molecular flexibility index (Phi) is 2.11. The van der Waals surface area contributed by atoms with Crippen LogP contribution in [0, 0.1) is 5.92 Å². The number of benzene rings is 1. The molecular weight excluding hydrogens is 152 g/mol. The molecule has 0 aliphatic heterocycles. The molecule has 0 radical (unpaired) electrons. The van der Waals surface area contributed by atoms with Crippen LogP contribution in [0.15, 0.2) is 30.3 Å². The van der Waals surface area contributed by atoms with Crippen LogP contribution in [0.4, 0.5) is 0 Å². The Hall–Kier alpha value is -0.860. The summed E-state index contributed by atoms with van der Waals surface area (Å²) in [4.78, 5) is 4.46. The SMILES string of the molecule is OOC(c1ccccc1)C1CC1. The average molecular weight is 164 g/mol. The Bertz CT molecular complexity index is 241. The second kappa shape index (κ2) is 3.25. The van der Waals surface area contributed by atoms with Crippen molar-refractivity contribution in [3.63, 3.8) is 0 Å². The molecule has 1 atom stereocenters. The molecule has 0 spiro atoms. The van der Waals surface area contributed by atoms with E-state index in [1.165, 1.54) is 12.8 Å². The summed E-state index contributed by atoms with van der Waals surface area (Å²) in [6.07, 6.45) is 2.23. The van der Waals surface area contributed by atoms with Gasteiger partial charge in [-0.15, -0.1) is 0 Å². The van der Waals surface area contributed by atoms with Gasteiger partial charge in [0.1, 0.15) is 6.10 Å². The highest BCUT2D eigenvalue weighted by atomic mass is 17.1. The summed E-state index contributed by atoms with van der Waals surface area (Å²) in [5.74, 6) is 0.525. The van der Waals surface area contributed by atoms with Gasteiger partial charge in [0.2, 0.25) is 0 Å².